The number of hydrogen-bond donors (Lipinski definition) is 3. The van der Waals surface area contributed by atoms with Crippen LogP contribution in [-0.2, 0) is 0 Å². The van der Waals surface area contributed by atoms with E-state index in [9.17, 15) is 14.3 Å². The van der Waals surface area contributed by atoms with Crippen molar-refractivity contribution in [2.45, 2.75) is 6.04 Å². The Morgan fingerprint density at radius 3 is 2.56 bits per heavy atom. The standard InChI is InChI=1S/C9H9BrFNO3.ClH/c10-4-1-5(7(12)3-11)8(13)6(2-4)9(14)15;/h1-2,7,13H,3,12H2,(H,14,15);1H/t7-;/m1./s1. The van der Waals surface area contributed by atoms with Crippen LogP contribution in [-0.4, -0.2) is 22.9 Å². The Balaban J connectivity index is 0.00000225. The van der Waals surface area contributed by atoms with Gasteiger partial charge in [0.25, 0.3) is 0 Å². The fourth-order valence-corrected chi connectivity index (χ4v) is 1.62. The van der Waals surface area contributed by atoms with Gasteiger partial charge in [0.05, 0.1) is 6.04 Å². The normalized spacial score (nSPS) is 11.7. The maximum absolute atomic E-state index is 12.3. The van der Waals surface area contributed by atoms with E-state index in [4.69, 9.17) is 10.8 Å². The van der Waals surface area contributed by atoms with Crippen molar-refractivity contribution in [3.63, 3.8) is 0 Å². The van der Waals surface area contributed by atoms with Crippen LogP contribution < -0.4 is 5.73 Å². The smallest absolute Gasteiger partial charge is 0.339 e. The molecule has 7 heteroatoms. The summed E-state index contributed by atoms with van der Waals surface area (Å²) in [5.74, 6) is -1.78. The predicted molar refractivity (Wildman–Crippen MR) is 62.9 cm³/mol. The van der Waals surface area contributed by atoms with Crippen molar-refractivity contribution in [1.82, 2.24) is 0 Å². The van der Waals surface area contributed by atoms with Gasteiger partial charge in [-0.25, -0.2) is 9.18 Å². The molecule has 4 N–H and O–H groups in total. The topological polar surface area (TPSA) is 83.6 Å². The molecule has 0 unspecified atom stereocenters. The maximum atomic E-state index is 12.3. The van der Waals surface area contributed by atoms with Gasteiger partial charge in [-0.2, -0.15) is 0 Å². The second-order valence-electron chi connectivity index (χ2n) is 2.96. The molecule has 0 saturated heterocycles. The van der Waals surface area contributed by atoms with E-state index in [-0.39, 0.29) is 23.5 Å². The second kappa shape index (κ2) is 6.03. The van der Waals surface area contributed by atoms with Crippen molar-refractivity contribution in [2.75, 3.05) is 6.67 Å². The van der Waals surface area contributed by atoms with E-state index in [0.29, 0.717) is 4.47 Å². The first kappa shape index (κ1) is 15.2. The first-order valence-electron chi connectivity index (χ1n) is 4.04. The van der Waals surface area contributed by atoms with Crippen molar-refractivity contribution in [3.05, 3.63) is 27.7 Å². The van der Waals surface area contributed by atoms with E-state index < -0.39 is 24.4 Å². The van der Waals surface area contributed by atoms with Crippen LogP contribution >= 0.6 is 28.3 Å². The third-order valence-corrected chi connectivity index (χ3v) is 2.36. The Hall–Kier alpha value is -0.850. The fourth-order valence-electron chi connectivity index (χ4n) is 1.15. The van der Waals surface area contributed by atoms with Gasteiger partial charge in [0.1, 0.15) is 18.0 Å². The zero-order valence-corrected chi connectivity index (χ0v) is 10.4. The number of phenols is 1. The summed E-state index contributed by atoms with van der Waals surface area (Å²) < 4.78 is 12.7. The molecular formula is C9H10BrClFNO3. The number of hydrogen-bond acceptors (Lipinski definition) is 3. The van der Waals surface area contributed by atoms with E-state index in [1.165, 1.54) is 12.1 Å². The van der Waals surface area contributed by atoms with E-state index in [1.54, 1.807) is 0 Å². The fraction of sp³-hybridized carbons (Fsp3) is 0.222. The van der Waals surface area contributed by atoms with Gasteiger partial charge in [-0.1, -0.05) is 15.9 Å². The SMILES string of the molecule is Cl.N[C@H](CF)c1cc(Br)cc(C(=O)O)c1O. The highest BCUT2D eigenvalue weighted by Crippen LogP contribution is 2.31. The van der Waals surface area contributed by atoms with Gasteiger partial charge in [0, 0.05) is 10.0 Å². The van der Waals surface area contributed by atoms with E-state index >= 15 is 0 Å². The lowest BCUT2D eigenvalue weighted by Gasteiger charge is -2.12. The molecular weight excluding hydrogens is 304 g/mol. The number of carboxylic acid groups (broad SMARTS) is 1. The molecule has 1 rings (SSSR count). The lowest BCUT2D eigenvalue weighted by Crippen LogP contribution is -2.13. The number of alkyl halides is 1. The molecule has 1 aromatic carbocycles. The molecule has 1 aromatic rings. The third-order valence-electron chi connectivity index (χ3n) is 1.90. The van der Waals surface area contributed by atoms with Gasteiger partial charge in [-0.3, -0.25) is 0 Å². The molecule has 0 heterocycles. The third kappa shape index (κ3) is 3.07. The largest absolute Gasteiger partial charge is 0.507 e. The molecule has 0 saturated carbocycles. The maximum Gasteiger partial charge on any atom is 0.339 e. The van der Waals surface area contributed by atoms with Gasteiger partial charge in [0.15, 0.2) is 0 Å². The Bertz CT molecular complexity index is 403. The Morgan fingerprint density at radius 2 is 2.12 bits per heavy atom. The number of halogens is 3. The predicted octanol–water partition coefficient (Wildman–Crippen LogP) is 2.24. The molecule has 90 valence electrons. The number of benzene rings is 1. The van der Waals surface area contributed by atoms with Crippen LogP contribution in [0.4, 0.5) is 4.39 Å². The number of rotatable bonds is 3. The lowest BCUT2D eigenvalue weighted by atomic mass is 10.0. The zero-order valence-electron chi connectivity index (χ0n) is 7.98. The van der Waals surface area contributed by atoms with Crippen LogP contribution in [0.25, 0.3) is 0 Å². The average molecular weight is 315 g/mol. The number of aromatic hydroxyl groups is 1. The summed E-state index contributed by atoms with van der Waals surface area (Å²) in [6.07, 6.45) is 0. The monoisotopic (exact) mass is 313 g/mol. The highest BCUT2D eigenvalue weighted by atomic mass is 79.9. The molecule has 4 nitrogen and oxygen atoms in total. The summed E-state index contributed by atoms with van der Waals surface area (Å²) in [7, 11) is 0. The number of aromatic carboxylic acids is 1. The molecule has 0 radical (unpaired) electrons. The van der Waals surface area contributed by atoms with Crippen LogP contribution in [0, 0.1) is 0 Å². The van der Waals surface area contributed by atoms with E-state index in [0.717, 1.165) is 0 Å². The number of nitrogens with two attached hydrogens (primary N) is 1. The quantitative estimate of drug-likeness (QED) is 0.799. The van der Waals surface area contributed by atoms with Gasteiger partial charge < -0.3 is 15.9 Å². The molecule has 16 heavy (non-hydrogen) atoms. The van der Waals surface area contributed by atoms with Crippen LogP contribution in [0.3, 0.4) is 0 Å². The minimum atomic E-state index is -1.29. The van der Waals surface area contributed by atoms with Crippen LogP contribution in [0.1, 0.15) is 22.0 Å². The van der Waals surface area contributed by atoms with Crippen molar-refractivity contribution < 1.29 is 19.4 Å². The first-order valence-corrected chi connectivity index (χ1v) is 4.84. The molecule has 0 bridgehead atoms. The Labute approximate surface area is 106 Å². The summed E-state index contributed by atoms with van der Waals surface area (Å²) in [4.78, 5) is 10.7. The lowest BCUT2D eigenvalue weighted by molar-refractivity contribution is 0.0693. The molecule has 0 aromatic heterocycles. The van der Waals surface area contributed by atoms with Crippen molar-refractivity contribution in [1.29, 1.82) is 0 Å². The van der Waals surface area contributed by atoms with Gasteiger partial charge in [0.2, 0.25) is 0 Å². The average Bonchev–Trinajstić information content (AvgIpc) is 2.19. The summed E-state index contributed by atoms with van der Waals surface area (Å²) >= 11 is 3.06. The summed E-state index contributed by atoms with van der Waals surface area (Å²) in [6, 6.07) is 1.60. The van der Waals surface area contributed by atoms with Crippen molar-refractivity contribution >= 4 is 34.3 Å². The van der Waals surface area contributed by atoms with E-state index in [2.05, 4.69) is 15.9 Å². The van der Waals surface area contributed by atoms with Crippen LogP contribution in [0.2, 0.25) is 0 Å². The number of carboxylic acids is 1. The summed E-state index contributed by atoms with van der Waals surface area (Å²) in [5.41, 5.74) is 5.16. The van der Waals surface area contributed by atoms with Crippen molar-refractivity contribution in [2.24, 2.45) is 5.73 Å². The molecule has 0 aliphatic rings. The molecule has 0 fully saturated rings. The molecule has 1 atom stereocenters. The number of carbonyl (C=O) groups is 1. The molecule has 0 aliphatic carbocycles. The highest BCUT2D eigenvalue weighted by molar-refractivity contribution is 9.10. The highest BCUT2D eigenvalue weighted by Gasteiger charge is 2.18. The van der Waals surface area contributed by atoms with Crippen LogP contribution in [0.15, 0.2) is 16.6 Å². The second-order valence-corrected chi connectivity index (χ2v) is 3.87. The molecule has 0 spiro atoms. The van der Waals surface area contributed by atoms with Crippen LogP contribution in [0.5, 0.6) is 5.75 Å². The van der Waals surface area contributed by atoms with Gasteiger partial charge >= 0.3 is 5.97 Å². The van der Waals surface area contributed by atoms with E-state index in [1.807, 2.05) is 0 Å². The van der Waals surface area contributed by atoms with Gasteiger partial charge in [-0.05, 0) is 12.1 Å². The summed E-state index contributed by atoms with van der Waals surface area (Å²) in [6.45, 7) is -0.872. The zero-order chi connectivity index (χ0) is 11.6. The Morgan fingerprint density at radius 1 is 1.56 bits per heavy atom. The minimum Gasteiger partial charge on any atom is -0.507 e. The summed E-state index contributed by atoms with van der Waals surface area (Å²) in [5, 5.41) is 18.3. The van der Waals surface area contributed by atoms with Gasteiger partial charge in [-0.15, -0.1) is 12.4 Å². The molecule has 0 amide bonds. The minimum absolute atomic E-state index is 0. The molecule has 0 aliphatic heterocycles. The Kier molecular flexibility index (Phi) is 5.71. The van der Waals surface area contributed by atoms with Crippen molar-refractivity contribution in [3.8, 4) is 5.75 Å². The first-order chi connectivity index (χ1) is 6.97.